The van der Waals surface area contributed by atoms with Crippen molar-refractivity contribution in [1.82, 2.24) is 14.6 Å². The second-order valence-electron chi connectivity index (χ2n) is 2.95. The molecule has 0 aliphatic rings. The maximum atomic E-state index is 11.1. The minimum atomic E-state index is -1.32. The third kappa shape index (κ3) is 1.66. The molecular weight excluding hydrogens is 198 g/mol. The van der Waals surface area contributed by atoms with Gasteiger partial charge in [0, 0.05) is 24.0 Å². The van der Waals surface area contributed by atoms with E-state index < -0.39 is 12.1 Å². The number of rotatable bonds is 2. The topological polar surface area (TPSA) is 76.7 Å². The highest BCUT2D eigenvalue weighted by Crippen LogP contribution is 2.13. The van der Waals surface area contributed by atoms with Crippen LogP contribution < -0.4 is 0 Å². The average Bonchev–Trinajstić information content (AvgIpc) is 2.73. The number of carbonyl (C=O) groups is 1. The fourth-order valence-electron chi connectivity index (χ4n) is 1.21. The smallest absolute Gasteiger partial charge is 0.339 e. The van der Waals surface area contributed by atoms with Crippen LogP contribution in [0, 0.1) is 0 Å². The predicted octanol–water partition coefficient (Wildman–Crippen LogP) is -0.0643. The summed E-state index contributed by atoms with van der Waals surface area (Å²) in [6, 6.07) is 1.72. The van der Waals surface area contributed by atoms with Crippen molar-refractivity contribution in [1.29, 1.82) is 0 Å². The van der Waals surface area contributed by atoms with Crippen LogP contribution in [-0.2, 0) is 9.53 Å². The van der Waals surface area contributed by atoms with E-state index in [4.69, 9.17) is 0 Å². The summed E-state index contributed by atoms with van der Waals surface area (Å²) in [6.45, 7) is 0. The average molecular weight is 207 g/mol. The minimum absolute atomic E-state index is 0.345. The maximum Gasteiger partial charge on any atom is 0.339 e. The van der Waals surface area contributed by atoms with Gasteiger partial charge >= 0.3 is 5.97 Å². The normalized spacial score (nSPS) is 12.7. The van der Waals surface area contributed by atoms with Gasteiger partial charge in [-0.15, -0.1) is 0 Å². The second-order valence-corrected chi connectivity index (χ2v) is 2.95. The molecule has 0 spiro atoms. The van der Waals surface area contributed by atoms with Gasteiger partial charge in [0.2, 0.25) is 0 Å². The van der Waals surface area contributed by atoms with E-state index >= 15 is 0 Å². The van der Waals surface area contributed by atoms with Gasteiger partial charge in [-0.2, -0.15) is 5.10 Å². The van der Waals surface area contributed by atoms with E-state index in [2.05, 4.69) is 14.8 Å². The van der Waals surface area contributed by atoms with E-state index in [1.807, 2.05) is 0 Å². The number of ether oxygens (including phenoxy) is 1. The molecule has 0 saturated heterocycles. The number of hydrogen-bond acceptors (Lipinski definition) is 5. The van der Waals surface area contributed by atoms with Crippen LogP contribution in [0.3, 0.4) is 0 Å². The molecule has 0 fully saturated rings. The third-order valence-corrected chi connectivity index (χ3v) is 2.01. The van der Waals surface area contributed by atoms with Crippen molar-refractivity contribution in [2.45, 2.75) is 6.10 Å². The number of aliphatic hydroxyl groups excluding tert-OH is 1. The quantitative estimate of drug-likeness (QED) is 0.698. The van der Waals surface area contributed by atoms with E-state index in [0.29, 0.717) is 11.2 Å². The molecule has 1 atom stereocenters. The van der Waals surface area contributed by atoms with Gasteiger partial charge in [0.05, 0.1) is 13.3 Å². The lowest BCUT2D eigenvalue weighted by Crippen LogP contribution is -2.14. The number of methoxy groups -OCH3 is 1. The first-order chi connectivity index (χ1) is 7.22. The first kappa shape index (κ1) is 9.60. The number of carbonyl (C=O) groups excluding carboxylic acids is 1. The lowest BCUT2D eigenvalue weighted by atomic mass is 10.2. The number of hydrogen-bond donors (Lipinski definition) is 1. The maximum absolute atomic E-state index is 11.1. The molecule has 6 heteroatoms. The zero-order valence-electron chi connectivity index (χ0n) is 7.99. The van der Waals surface area contributed by atoms with Crippen LogP contribution in [0.25, 0.3) is 5.65 Å². The Labute approximate surface area is 85.1 Å². The molecule has 1 unspecified atom stereocenters. The third-order valence-electron chi connectivity index (χ3n) is 2.01. The second kappa shape index (κ2) is 3.66. The Balaban J connectivity index is 2.39. The van der Waals surface area contributed by atoms with E-state index in [-0.39, 0.29) is 0 Å². The van der Waals surface area contributed by atoms with Crippen molar-refractivity contribution in [2.24, 2.45) is 0 Å². The molecular formula is C9H9N3O3. The number of aromatic nitrogens is 3. The van der Waals surface area contributed by atoms with Crippen molar-refractivity contribution in [3.05, 3.63) is 30.2 Å². The molecule has 78 valence electrons. The van der Waals surface area contributed by atoms with Crippen LogP contribution in [0.5, 0.6) is 0 Å². The summed E-state index contributed by atoms with van der Waals surface area (Å²) >= 11 is 0. The minimum Gasteiger partial charge on any atom is -0.467 e. The van der Waals surface area contributed by atoms with Crippen molar-refractivity contribution in [3.8, 4) is 0 Å². The molecule has 0 aliphatic heterocycles. The predicted molar refractivity (Wildman–Crippen MR) is 50.0 cm³/mol. The standard InChI is InChI=1S/C9H9N3O3/c1-15-9(14)8(13)6-4-10-7-2-3-11-12(7)5-6/h2-5,8,13H,1H3. The summed E-state index contributed by atoms with van der Waals surface area (Å²) in [5.41, 5.74) is 0.994. The molecule has 6 nitrogen and oxygen atoms in total. The summed E-state index contributed by atoms with van der Waals surface area (Å²) in [5, 5.41) is 13.5. The van der Waals surface area contributed by atoms with E-state index in [1.165, 1.54) is 24.0 Å². The monoisotopic (exact) mass is 207 g/mol. The SMILES string of the molecule is COC(=O)C(O)c1cnc2ccnn2c1. The fraction of sp³-hybridized carbons (Fsp3) is 0.222. The van der Waals surface area contributed by atoms with Crippen LogP contribution in [0.2, 0.25) is 0 Å². The van der Waals surface area contributed by atoms with Gasteiger partial charge in [-0.3, -0.25) is 0 Å². The summed E-state index contributed by atoms with van der Waals surface area (Å²) in [5.74, 6) is -0.719. The van der Waals surface area contributed by atoms with Crippen molar-refractivity contribution < 1.29 is 14.6 Å². The number of nitrogens with zero attached hydrogens (tertiary/aromatic N) is 3. The summed E-state index contributed by atoms with van der Waals surface area (Å²) in [6.07, 6.45) is 3.20. The first-order valence-corrected chi connectivity index (χ1v) is 4.27. The van der Waals surface area contributed by atoms with Gasteiger partial charge in [-0.25, -0.2) is 14.3 Å². The Morgan fingerprint density at radius 1 is 1.67 bits per heavy atom. The Bertz CT molecular complexity index is 494. The van der Waals surface area contributed by atoms with Gasteiger partial charge in [-0.05, 0) is 0 Å². The number of esters is 1. The molecule has 2 rings (SSSR count). The first-order valence-electron chi connectivity index (χ1n) is 4.27. The molecule has 2 aromatic rings. The molecule has 1 N–H and O–H groups in total. The van der Waals surface area contributed by atoms with Gasteiger partial charge in [0.1, 0.15) is 0 Å². The molecule has 0 aromatic carbocycles. The van der Waals surface area contributed by atoms with Crippen molar-refractivity contribution >= 4 is 11.6 Å². The van der Waals surface area contributed by atoms with Crippen LogP contribution in [0.4, 0.5) is 0 Å². The Hall–Kier alpha value is -1.95. The summed E-state index contributed by atoms with van der Waals surface area (Å²) in [4.78, 5) is 15.1. The summed E-state index contributed by atoms with van der Waals surface area (Å²) < 4.78 is 5.89. The highest BCUT2D eigenvalue weighted by molar-refractivity contribution is 5.75. The highest BCUT2D eigenvalue weighted by atomic mass is 16.5. The number of fused-ring (bicyclic) bond motifs is 1. The van der Waals surface area contributed by atoms with Crippen LogP contribution in [-0.4, -0.2) is 32.8 Å². The van der Waals surface area contributed by atoms with Gasteiger partial charge in [-0.1, -0.05) is 0 Å². The Morgan fingerprint density at radius 3 is 3.20 bits per heavy atom. The molecule has 0 bridgehead atoms. The fourth-order valence-corrected chi connectivity index (χ4v) is 1.21. The van der Waals surface area contributed by atoms with Crippen LogP contribution >= 0.6 is 0 Å². The molecule has 0 radical (unpaired) electrons. The van der Waals surface area contributed by atoms with E-state index in [0.717, 1.165) is 0 Å². The summed E-state index contributed by atoms with van der Waals surface area (Å²) in [7, 11) is 1.21. The van der Waals surface area contributed by atoms with Gasteiger partial charge in [0.15, 0.2) is 11.8 Å². The van der Waals surface area contributed by atoms with Crippen LogP contribution in [0.1, 0.15) is 11.7 Å². The number of aliphatic hydroxyl groups is 1. The zero-order valence-corrected chi connectivity index (χ0v) is 7.99. The van der Waals surface area contributed by atoms with E-state index in [1.54, 1.807) is 12.3 Å². The lowest BCUT2D eigenvalue weighted by molar-refractivity contribution is -0.150. The molecule has 2 aromatic heterocycles. The molecule has 15 heavy (non-hydrogen) atoms. The van der Waals surface area contributed by atoms with E-state index in [9.17, 15) is 9.90 Å². The molecule has 0 saturated carbocycles. The molecule has 2 heterocycles. The highest BCUT2D eigenvalue weighted by Gasteiger charge is 2.18. The molecule has 0 aliphatic carbocycles. The zero-order chi connectivity index (χ0) is 10.8. The van der Waals surface area contributed by atoms with Crippen LogP contribution in [0.15, 0.2) is 24.7 Å². The molecule has 0 amide bonds. The van der Waals surface area contributed by atoms with Gasteiger partial charge < -0.3 is 9.84 Å². The lowest BCUT2D eigenvalue weighted by Gasteiger charge is -2.07. The Morgan fingerprint density at radius 2 is 2.47 bits per heavy atom. The largest absolute Gasteiger partial charge is 0.467 e. The van der Waals surface area contributed by atoms with Gasteiger partial charge in [0.25, 0.3) is 0 Å². The van der Waals surface area contributed by atoms with Crippen molar-refractivity contribution in [2.75, 3.05) is 7.11 Å². The van der Waals surface area contributed by atoms with Crippen molar-refractivity contribution in [3.63, 3.8) is 0 Å². The Kier molecular flexibility index (Phi) is 2.34.